The van der Waals surface area contributed by atoms with Crippen molar-refractivity contribution in [3.05, 3.63) is 35.9 Å². The van der Waals surface area contributed by atoms with Crippen LogP contribution < -0.4 is 5.32 Å². The predicted molar refractivity (Wildman–Crippen MR) is 71.6 cm³/mol. The molecule has 0 radical (unpaired) electrons. The Morgan fingerprint density at radius 3 is 2.67 bits per heavy atom. The zero-order valence-corrected chi connectivity index (χ0v) is 10.6. The van der Waals surface area contributed by atoms with E-state index in [0.717, 1.165) is 38.5 Å². The van der Waals surface area contributed by atoms with Crippen LogP contribution in [0.4, 0.5) is 0 Å². The molecule has 0 aliphatic carbocycles. The van der Waals surface area contributed by atoms with E-state index in [2.05, 4.69) is 29.6 Å². The lowest BCUT2D eigenvalue weighted by Gasteiger charge is -2.19. The third-order valence-electron chi connectivity index (χ3n) is 3.65. The molecule has 0 amide bonds. The molecule has 2 N–H and O–H groups in total. The van der Waals surface area contributed by atoms with Gasteiger partial charge in [0, 0.05) is 6.04 Å². The van der Waals surface area contributed by atoms with Crippen LogP contribution in [-0.4, -0.2) is 23.2 Å². The van der Waals surface area contributed by atoms with Gasteiger partial charge in [0.05, 0.1) is 0 Å². The van der Waals surface area contributed by atoms with Crippen molar-refractivity contribution in [1.29, 1.82) is 0 Å². The van der Waals surface area contributed by atoms with Gasteiger partial charge in [0.2, 0.25) is 0 Å². The van der Waals surface area contributed by atoms with Crippen LogP contribution in [-0.2, 0) is 11.2 Å². The Kier molecular flexibility index (Phi) is 4.76. The normalized spacial score (nSPS) is 24.4. The van der Waals surface area contributed by atoms with Gasteiger partial charge in [0.15, 0.2) is 0 Å². The standard InChI is InChI=1S/C15H21NO2/c17-15(18)14-9-5-4-8-13(16-14)11-10-12-6-2-1-3-7-12/h1-3,6-7,13-14,16H,4-5,8-11H2,(H,17,18)/t13-,14+/m1/s1. The van der Waals surface area contributed by atoms with Gasteiger partial charge in [0.25, 0.3) is 0 Å². The molecule has 1 aromatic carbocycles. The molecule has 0 unspecified atom stereocenters. The topological polar surface area (TPSA) is 49.3 Å². The summed E-state index contributed by atoms with van der Waals surface area (Å²) in [4.78, 5) is 11.1. The molecular formula is C15H21NO2. The van der Waals surface area contributed by atoms with Gasteiger partial charge in [-0.25, -0.2) is 0 Å². The minimum absolute atomic E-state index is 0.341. The van der Waals surface area contributed by atoms with E-state index in [4.69, 9.17) is 5.11 Å². The fourth-order valence-electron chi connectivity index (χ4n) is 2.60. The molecule has 1 aliphatic heterocycles. The Morgan fingerprint density at radius 1 is 1.22 bits per heavy atom. The largest absolute Gasteiger partial charge is 0.480 e. The van der Waals surface area contributed by atoms with Crippen LogP contribution in [0.3, 0.4) is 0 Å². The minimum Gasteiger partial charge on any atom is -0.480 e. The van der Waals surface area contributed by atoms with Crippen LogP contribution in [0, 0.1) is 0 Å². The van der Waals surface area contributed by atoms with Crippen molar-refractivity contribution in [3.63, 3.8) is 0 Å². The Balaban J connectivity index is 1.86. The Morgan fingerprint density at radius 2 is 1.94 bits per heavy atom. The van der Waals surface area contributed by atoms with Gasteiger partial charge < -0.3 is 10.4 Å². The van der Waals surface area contributed by atoms with Crippen LogP contribution in [0.5, 0.6) is 0 Å². The molecule has 18 heavy (non-hydrogen) atoms. The molecule has 2 atom stereocenters. The van der Waals surface area contributed by atoms with Gasteiger partial charge >= 0.3 is 5.97 Å². The molecule has 98 valence electrons. The number of aliphatic carboxylic acids is 1. The average molecular weight is 247 g/mol. The maximum atomic E-state index is 11.1. The van der Waals surface area contributed by atoms with Gasteiger partial charge in [-0.3, -0.25) is 4.79 Å². The third kappa shape index (κ3) is 3.84. The molecule has 2 rings (SSSR count). The van der Waals surface area contributed by atoms with E-state index in [0.29, 0.717) is 6.04 Å². The molecule has 3 heteroatoms. The highest BCUT2D eigenvalue weighted by atomic mass is 16.4. The third-order valence-corrected chi connectivity index (χ3v) is 3.65. The zero-order chi connectivity index (χ0) is 12.8. The number of benzene rings is 1. The number of hydrogen-bond donors (Lipinski definition) is 2. The number of nitrogens with one attached hydrogen (secondary N) is 1. The van der Waals surface area contributed by atoms with Crippen molar-refractivity contribution in [1.82, 2.24) is 5.32 Å². The summed E-state index contributed by atoms with van der Waals surface area (Å²) in [5.41, 5.74) is 1.33. The lowest BCUT2D eigenvalue weighted by atomic mass is 10.0. The second-order valence-electron chi connectivity index (χ2n) is 5.06. The number of hydrogen-bond acceptors (Lipinski definition) is 2. The van der Waals surface area contributed by atoms with Crippen LogP contribution in [0.15, 0.2) is 30.3 Å². The molecule has 1 fully saturated rings. The van der Waals surface area contributed by atoms with Crippen molar-refractivity contribution in [2.45, 2.75) is 50.6 Å². The number of carbonyl (C=O) groups is 1. The predicted octanol–water partition coefficient (Wildman–Crippen LogP) is 2.60. The fourth-order valence-corrected chi connectivity index (χ4v) is 2.60. The van der Waals surface area contributed by atoms with Crippen LogP contribution in [0.25, 0.3) is 0 Å². The van der Waals surface area contributed by atoms with Crippen molar-refractivity contribution < 1.29 is 9.90 Å². The monoisotopic (exact) mass is 247 g/mol. The molecule has 0 saturated carbocycles. The van der Waals surface area contributed by atoms with Crippen LogP contribution in [0.2, 0.25) is 0 Å². The highest BCUT2D eigenvalue weighted by Crippen LogP contribution is 2.17. The first-order chi connectivity index (χ1) is 8.75. The van der Waals surface area contributed by atoms with E-state index in [1.165, 1.54) is 5.56 Å². The quantitative estimate of drug-likeness (QED) is 0.860. The molecular weight excluding hydrogens is 226 g/mol. The molecule has 1 saturated heterocycles. The lowest BCUT2D eigenvalue weighted by molar-refractivity contribution is -0.139. The van der Waals surface area contributed by atoms with Crippen LogP contribution >= 0.6 is 0 Å². The van der Waals surface area contributed by atoms with E-state index in [9.17, 15) is 4.79 Å². The molecule has 0 aromatic heterocycles. The maximum absolute atomic E-state index is 11.1. The number of carboxylic acids is 1. The maximum Gasteiger partial charge on any atom is 0.320 e. The highest BCUT2D eigenvalue weighted by molar-refractivity contribution is 5.73. The second-order valence-corrected chi connectivity index (χ2v) is 5.06. The number of aryl methyl sites for hydroxylation is 1. The summed E-state index contributed by atoms with van der Waals surface area (Å²) in [6, 6.07) is 10.4. The van der Waals surface area contributed by atoms with Crippen molar-refractivity contribution in [2.24, 2.45) is 0 Å². The summed E-state index contributed by atoms with van der Waals surface area (Å²) in [7, 11) is 0. The molecule has 0 bridgehead atoms. The second kappa shape index (κ2) is 6.55. The molecule has 1 aliphatic rings. The SMILES string of the molecule is O=C(O)[C@@H]1CCCC[C@H](CCc2ccccc2)N1. The van der Waals surface area contributed by atoms with Crippen molar-refractivity contribution in [2.75, 3.05) is 0 Å². The Hall–Kier alpha value is -1.35. The molecule has 0 spiro atoms. The first-order valence-electron chi connectivity index (χ1n) is 6.78. The Bertz CT molecular complexity index is 377. The first kappa shape index (κ1) is 13.1. The van der Waals surface area contributed by atoms with E-state index >= 15 is 0 Å². The van der Waals surface area contributed by atoms with E-state index in [1.807, 2.05) is 6.07 Å². The zero-order valence-electron chi connectivity index (χ0n) is 10.6. The van der Waals surface area contributed by atoms with Gasteiger partial charge in [-0.1, -0.05) is 43.2 Å². The molecule has 1 aromatic rings. The number of carboxylic acid groups (broad SMARTS) is 1. The van der Waals surface area contributed by atoms with Crippen molar-refractivity contribution >= 4 is 5.97 Å². The average Bonchev–Trinajstić information content (AvgIpc) is 2.63. The van der Waals surface area contributed by atoms with Crippen molar-refractivity contribution in [3.8, 4) is 0 Å². The highest BCUT2D eigenvalue weighted by Gasteiger charge is 2.23. The number of rotatable bonds is 4. The summed E-state index contributed by atoms with van der Waals surface area (Å²) in [6.07, 6.45) is 6.05. The lowest BCUT2D eigenvalue weighted by Crippen LogP contribution is -2.42. The van der Waals surface area contributed by atoms with E-state index < -0.39 is 5.97 Å². The van der Waals surface area contributed by atoms with Gasteiger partial charge in [-0.05, 0) is 31.2 Å². The van der Waals surface area contributed by atoms with Gasteiger partial charge in [-0.15, -0.1) is 0 Å². The van der Waals surface area contributed by atoms with Gasteiger partial charge in [0.1, 0.15) is 6.04 Å². The minimum atomic E-state index is -0.707. The van der Waals surface area contributed by atoms with Crippen LogP contribution in [0.1, 0.15) is 37.7 Å². The summed E-state index contributed by atoms with van der Waals surface area (Å²) in [5, 5.41) is 12.4. The van der Waals surface area contributed by atoms with Gasteiger partial charge in [-0.2, -0.15) is 0 Å². The molecule has 1 heterocycles. The fraction of sp³-hybridized carbons (Fsp3) is 0.533. The summed E-state index contributed by atoms with van der Waals surface area (Å²) in [6.45, 7) is 0. The summed E-state index contributed by atoms with van der Waals surface area (Å²) < 4.78 is 0. The summed E-state index contributed by atoms with van der Waals surface area (Å²) in [5.74, 6) is -0.707. The Labute approximate surface area is 108 Å². The smallest absolute Gasteiger partial charge is 0.320 e. The van der Waals surface area contributed by atoms with E-state index in [1.54, 1.807) is 0 Å². The first-order valence-corrected chi connectivity index (χ1v) is 6.78. The summed E-state index contributed by atoms with van der Waals surface area (Å²) >= 11 is 0. The molecule has 3 nitrogen and oxygen atoms in total. The van der Waals surface area contributed by atoms with E-state index in [-0.39, 0.29) is 6.04 Å².